The molecule has 0 unspecified atom stereocenters. The molecular weight excluding hydrogens is 408 g/mol. The van der Waals surface area contributed by atoms with E-state index in [4.69, 9.17) is 16.6 Å². The minimum atomic E-state index is -1.13. The Morgan fingerprint density at radius 2 is 2.00 bits per heavy atom. The largest absolute Gasteiger partial charge is 0.394 e. The van der Waals surface area contributed by atoms with E-state index in [-0.39, 0.29) is 17.6 Å². The number of rotatable bonds is 3. The average Bonchev–Trinajstić information content (AvgIpc) is 3.18. The molecule has 1 N–H and O–H groups in total. The van der Waals surface area contributed by atoms with Crippen molar-refractivity contribution in [2.45, 2.75) is 42.5 Å². The summed E-state index contributed by atoms with van der Waals surface area (Å²) in [6.07, 6.45) is 6.79. The molecule has 2 aromatic rings. The van der Waals surface area contributed by atoms with E-state index in [0.29, 0.717) is 16.7 Å². The number of fused-ring (bicyclic) bond motifs is 2. The van der Waals surface area contributed by atoms with Crippen LogP contribution in [-0.2, 0) is 23.6 Å². The first kappa shape index (κ1) is 18.1. The van der Waals surface area contributed by atoms with E-state index in [9.17, 15) is 9.32 Å². The Balaban J connectivity index is 1.25. The second kappa shape index (κ2) is 6.15. The molecule has 1 atom stereocenters. The van der Waals surface area contributed by atoms with Gasteiger partial charge in [0.2, 0.25) is 5.95 Å². The van der Waals surface area contributed by atoms with E-state index >= 15 is 0 Å². The van der Waals surface area contributed by atoms with Crippen LogP contribution >= 0.6 is 11.6 Å². The van der Waals surface area contributed by atoms with Gasteiger partial charge < -0.3 is 14.9 Å². The predicted molar refractivity (Wildman–Crippen MR) is 113 cm³/mol. The standard InChI is InChI=1S/C21H23ClN4O2S/c22-16-3-2-14-7-20(8-15(14)6-16)10-25(11-20)19-23-9-17-18(24-19)26(13-29(17)28)21(12-27)4-1-5-21/h2-3,6,9,27H,1,4-5,7-8,10-13H2/t29-/m0/s1. The van der Waals surface area contributed by atoms with Gasteiger partial charge in [0.25, 0.3) is 0 Å². The number of aliphatic hydroxyl groups excluding tert-OH is 1. The van der Waals surface area contributed by atoms with Crippen molar-refractivity contribution < 1.29 is 9.32 Å². The summed E-state index contributed by atoms with van der Waals surface area (Å²) in [6.45, 7) is 1.93. The molecule has 4 aliphatic rings. The number of benzene rings is 1. The van der Waals surface area contributed by atoms with E-state index in [2.05, 4.69) is 26.9 Å². The molecule has 6 nitrogen and oxygen atoms in total. The van der Waals surface area contributed by atoms with Gasteiger partial charge >= 0.3 is 0 Å². The summed E-state index contributed by atoms with van der Waals surface area (Å²) in [5, 5.41) is 10.8. The van der Waals surface area contributed by atoms with Crippen molar-refractivity contribution in [2.24, 2.45) is 5.41 Å². The second-order valence-corrected chi connectivity index (χ2v) is 10.9. The number of aromatic nitrogens is 2. The first-order chi connectivity index (χ1) is 14.0. The lowest BCUT2D eigenvalue weighted by molar-refractivity contribution is 0.119. The maximum atomic E-state index is 12.6. The van der Waals surface area contributed by atoms with Gasteiger partial charge in [-0.1, -0.05) is 17.7 Å². The van der Waals surface area contributed by atoms with Crippen LogP contribution in [0.5, 0.6) is 0 Å². The highest BCUT2D eigenvalue weighted by Gasteiger charge is 2.50. The Bertz CT molecular complexity index is 1030. The summed E-state index contributed by atoms with van der Waals surface area (Å²) in [5.74, 6) is 1.87. The fourth-order valence-electron chi connectivity index (χ4n) is 5.50. The lowest BCUT2D eigenvalue weighted by Crippen LogP contribution is -2.58. The Hall–Kier alpha value is -1.70. The molecule has 1 spiro atoms. The third kappa shape index (κ3) is 2.60. The molecule has 29 heavy (non-hydrogen) atoms. The number of anilines is 2. The van der Waals surface area contributed by atoms with Crippen molar-refractivity contribution in [3.05, 3.63) is 40.5 Å². The molecule has 8 heteroatoms. The van der Waals surface area contributed by atoms with Crippen molar-refractivity contribution in [3.63, 3.8) is 0 Å². The van der Waals surface area contributed by atoms with Gasteiger partial charge in [-0.05, 0) is 55.4 Å². The molecular formula is C21H23ClN4O2S. The molecule has 1 aromatic heterocycles. The van der Waals surface area contributed by atoms with Crippen molar-refractivity contribution >= 4 is 34.2 Å². The molecule has 0 amide bonds. The van der Waals surface area contributed by atoms with Gasteiger partial charge in [0.1, 0.15) is 10.8 Å². The highest BCUT2D eigenvalue weighted by atomic mass is 35.5. The van der Waals surface area contributed by atoms with E-state index < -0.39 is 10.8 Å². The summed E-state index contributed by atoms with van der Waals surface area (Å²) in [4.78, 5) is 14.4. The topological polar surface area (TPSA) is 69.6 Å². The van der Waals surface area contributed by atoms with Crippen LogP contribution in [0.25, 0.3) is 0 Å². The second-order valence-electron chi connectivity index (χ2n) is 9.12. The smallest absolute Gasteiger partial charge is 0.227 e. The predicted octanol–water partition coefficient (Wildman–Crippen LogP) is 2.54. The van der Waals surface area contributed by atoms with Crippen LogP contribution in [0.3, 0.4) is 0 Å². The van der Waals surface area contributed by atoms with Crippen molar-refractivity contribution in [2.75, 3.05) is 35.4 Å². The normalized spacial score (nSPS) is 25.5. The number of halogens is 1. The molecule has 2 aliphatic carbocycles. The zero-order valence-electron chi connectivity index (χ0n) is 16.1. The molecule has 1 aromatic carbocycles. The summed E-state index contributed by atoms with van der Waals surface area (Å²) in [6, 6.07) is 6.23. The summed E-state index contributed by atoms with van der Waals surface area (Å²) in [7, 11) is -1.13. The van der Waals surface area contributed by atoms with Gasteiger partial charge in [0.15, 0.2) is 5.82 Å². The first-order valence-electron chi connectivity index (χ1n) is 10.2. The SMILES string of the molecule is O=[S@]1CN(C2(CO)CCC2)c2nc(N3CC4(Cc5ccc(Cl)cc5C4)C3)ncc21. The Morgan fingerprint density at radius 3 is 2.72 bits per heavy atom. The van der Waals surface area contributed by atoms with Crippen LogP contribution in [0.1, 0.15) is 30.4 Å². The molecule has 152 valence electrons. The Morgan fingerprint density at radius 1 is 1.21 bits per heavy atom. The molecule has 3 heterocycles. The highest BCUT2D eigenvalue weighted by Crippen LogP contribution is 2.47. The molecule has 6 rings (SSSR count). The van der Waals surface area contributed by atoms with Gasteiger partial charge in [0.05, 0.1) is 29.1 Å². The lowest BCUT2D eigenvalue weighted by atomic mass is 9.76. The average molecular weight is 431 g/mol. The van der Waals surface area contributed by atoms with Crippen LogP contribution < -0.4 is 9.80 Å². The fraction of sp³-hybridized carbons (Fsp3) is 0.524. The minimum absolute atomic E-state index is 0.0800. The number of hydrogen-bond donors (Lipinski definition) is 1. The van der Waals surface area contributed by atoms with E-state index in [1.807, 2.05) is 6.07 Å². The van der Waals surface area contributed by atoms with Gasteiger partial charge in [-0.2, -0.15) is 4.98 Å². The van der Waals surface area contributed by atoms with Crippen molar-refractivity contribution in [1.82, 2.24) is 9.97 Å². The molecule has 0 radical (unpaired) electrons. The van der Waals surface area contributed by atoms with Crippen LogP contribution in [0.15, 0.2) is 29.3 Å². The minimum Gasteiger partial charge on any atom is -0.394 e. The zero-order chi connectivity index (χ0) is 19.8. The van der Waals surface area contributed by atoms with Gasteiger partial charge in [-0.3, -0.25) is 4.21 Å². The maximum absolute atomic E-state index is 12.6. The summed E-state index contributed by atoms with van der Waals surface area (Å²) in [5.41, 5.74) is 2.72. The first-order valence-corrected chi connectivity index (χ1v) is 11.9. The summed E-state index contributed by atoms with van der Waals surface area (Å²) < 4.78 is 12.6. The third-order valence-corrected chi connectivity index (χ3v) is 8.76. The number of hydrogen-bond acceptors (Lipinski definition) is 6. The zero-order valence-corrected chi connectivity index (χ0v) is 17.7. The quantitative estimate of drug-likeness (QED) is 0.807. The number of aliphatic hydroxyl groups is 1. The third-order valence-electron chi connectivity index (χ3n) is 7.26. The van der Waals surface area contributed by atoms with Gasteiger partial charge in [-0.25, -0.2) is 4.98 Å². The van der Waals surface area contributed by atoms with Crippen molar-refractivity contribution in [3.8, 4) is 0 Å². The number of nitrogens with zero attached hydrogens (tertiary/aromatic N) is 4. The molecule has 0 bridgehead atoms. The van der Waals surface area contributed by atoms with E-state index in [1.54, 1.807) is 6.20 Å². The maximum Gasteiger partial charge on any atom is 0.227 e. The van der Waals surface area contributed by atoms with Crippen LogP contribution in [0.4, 0.5) is 11.8 Å². The van der Waals surface area contributed by atoms with E-state index in [1.165, 1.54) is 11.1 Å². The summed E-state index contributed by atoms with van der Waals surface area (Å²) >= 11 is 6.17. The van der Waals surface area contributed by atoms with Crippen LogP contribution in [-0.4, -0.2) is 50.4 Å². The van der Waals surface area contributed by atoms with Gasteiger partial charge in [0, 0.05) is 23.5 Å². The van der Waals surface area contributed by atoms with Crippen LogP contribution in [0.2, 0.25) is 5.02 Å². The van der Waals surface area contributed by atoms with E-state index in [0.717, 1.165) is 56.0 Å². The monoisotopic (exact) mass is 430 g/mol. The van der Waals surface area contributed by atoms with Crippen LogP contribution in [0, 0.1) is 5.41 Å². The fourth-order valence-corrected chi connectivity index (χ4v) is 6.99. The highest BCUT2D eigenvalue weighted by molar-refractivity contribution is 7.85. The van der Waals surface area contributed by atoms with Gasteiger partial charge in [-0.15, -0.1) is 0 Å². The molecule has 1 saturated heterocycles. The lowest BCUT2D eigenvalue weighted by Gasteiger charge is -2.49. The van der Waals surface area contributed by atoms with Crippen molar-refractivity contribution in [1.29, 1.82) is 0 Å². The molecule has 2 fully saturated rings. The Kier molecular flexibility index (Phi) is 3.84. The molecule has 1 saturated carbocycles. The Labute approximate surface area is 177 Å². The molecule has 2 aliphatic heterocycles.